The summed E-state index contributed by atoms with van der Waals surface area (Å²) in [4.78, 5) is 29.5. The predicted octanol–water partition coefficient (Wildman–Crippen LogP) is 4.93. The highest BCUT2D eigenvalue weighted by Gasteiger charge is 2.22. The third-order valence-electron chi connectivity index (χ3n) is 4.91. The summed E-state index contributed by atoms with van der Waals surface area (Å²) in [7, 11) is 0. The Morgan fingerprint density at radius 3 is 2.42 bits per heavy atom. The molecular weight excluding hydrogens is 396 g/mol. The monoisotopic (exact) mass is 418 g/mol. The second-order valence-electron chi connectivity index (χ2n) is 7.51. The highest BCUT2D eigenvalue weighted by atomic mass is 16.5. The maximum atomic E-state index is 13.4. The molecule has 4 aromatic rings. The molecule has 3 heterocycles. The van der Waals surface area contributed by atoms with E-state index in [0.29, 0.717) is 39.5 Å². The van der Waals surface area contributed by atoms with Gasteiger partial charge in [0.2, 0.25) is 5.91 Å². The maximum absolute atomic E-state index is 13.4. The van der Waals surface area contributed by atoms with Crippen LogP contribution in [0, 0.1) is 27.7 Å². The molecule has 8 nitrogen and oxygen atoms in total. The number of anilines is 2. The number of amides is 2. The number of nitrogens with zero attached hydrogens (tertiary/aromatic N) is 2. The molecular formula is C23H22N4O4. The molecule has 0 aliphatic rings. The Bertz CT molecular complexity index is 1330. The van der Waals surface area contributed by atoms with E-state index in [1.165, 1.54) is 6.92 Å². The molecule has 2 amide bonds. The summed E-state index contributed by atoms with van der Waals surface area (Å²) in [6, 6.07) is 8.98. The minimum absolute atomic E-state index is 0.228. The molecule has 0 fully saturated rings. The lowest BCUT2D eigenvalue weighted by Gasteiger charge is -2.13. The van der Waals surface area contributed by atoms with Crippen LogP contribution in [0.3, 0.4) is 0 Å². The maximum Gasteiger partial charge on any atom is 0.259 e. The van der Waals surface area contributed by atoms with E-state index < -0.39 is 0 Å². The van der Waals surface area contributed by atoms with Crippen LogP contribution < -0.4 is 10.6 Å². The minimum Gasteiger partial charge on any atom is -0.466 e. The zero-order valence-electron chi connectivity index (χ0n) is 17.9. The van der Waals surface area contributed by atoms with Gasteiger partial charge in [-0.1, -0.05) is 11.2 Å². The molecule has 0 bridgehead atoms. The molecule has 0 saturated carbocycles. The molecule has 0 unspecified atom stereocenters. The average Bonchev–Trinajstić information content (AvgIpc) is 3.24. The molecule has 8 heteroatoms. The van der Waals surface area contributed by atoms with Crippen molar-refractivity contribution in [2.24, 2.45) is 0 Å². The average molecular weight is 418 g/mol. The van der Waals surface area contributed by atoms with Gasteiger partial charge in [0.05, 0.1) is 33.7 Å². The Morgan fingerprint density at radius 1 is 0.968 bits per heavy atom. The third kappa shape index (κ3) is 3.92. The zero-order chi connectivity index (χ0) is 22.3. The van der Waals surface area contributed by atoms with E-state index in [2.05, 4.69) is 20.8 Å². The minimum atomic E-state index is -0.366. The number of pyridine rings is 1. The number of furan rings is 1. The summed E-state index contributed by atoms with van der Waals surface area (Å²) in [5, 5.41) is 10.2. The normalized spacial score (nSPS) is 11.0. The van der Waals surface area contributed by atoms with Crippen LogP contribution in [0.2, 0.25) is 0 Å². The Kier molecular flexibility index (Phi) is 5.06. The van der Waals surface area contributed by atoms with Crippen LogP contribution in [0.1, 0.15) is 40.1 Å². The van der Waals surface area contributed by atoms with E-state index in [9.17, 15) is 9.59 Å². The van der Waals surface area contributed by atoms with Crippen molar-refractivity contribution in [1.82, 2.24) is 10.1 Å². The lowest BCUT2D eigenvalue weighted by atomic mass is 10.0. The lowest BCUT2D eigenvalue weighted by Crippen LogP contribution is -2.16. The van der Waals surface area contributed by atoms with Crippen molar-refractivity contribution in [3.05, 3.63) is 58.7 Å². The first-order valence-corrected chi connectivity index (χ1v) is 9.77. The molecule has 0 aliphatic heterocycles. The predicted molar refractivity (Wildman–Crippen MR) is 117 cm³/mol. The molecule has 0 atom stereocenters. The summed E-state index contributed by atoms with van der Waals surface area (Å²) in [5.41, 5.74) is 4.47. The first-order valence-electron chi connectivity index (χ1n) is 9.77. The van der Waals surface area contributed by atoms with Crippen molar-refractivity contribution in [2.45, 2.75) is 34.6 Å². The van der Waals surface area contributed by atoms with Gasteiger partial charge in [-0.15, -0.1) is 0 Å². The van der Waals surface area contributed by atoms with Gasteiger partial charge in [0, 0.05) is 12.5 Å². The number of carbonyl (C=O) groups excluding carboxylic acids is 2. The first kappa shape index (κ1) is 20.3. The van der Waals surface area contributed by atoms with Crippen molar-refractivity contribution in [1.29, 1.82) is 0 Å². The number of hydrogen-bond acceptors (Lipinski definition) is 6. The van der Waals surface area contributed by atoms with Crippen LogP contribution in [0.5, 0.6) is 0 Å². The molecule has 4 rings (SSSR count). The number of hydrogen-bond donors (Lipinski definition) is 2. The second-order valence-corrected chi connectivity index (χ2v) is 7.51. The number of benzene rings is 1. The number of nitrogens with one attached hydrogen (secondary N) is 2. The van der Waals surface area contributed by atoms with Gasteiger partial charge >= 0.3 is 0 Å². The van der Waals surface area contributed by atoms with E-state index in [1.807, 2.05) is 32.9 Å². The van der Waals surface area contributed by atoms with Crippen LogP contribution in [0.15, 0.2) is 39.3 Å². The fraction of sp³-hybridized carbons (Fsp3) is 0.217. The number of fused-ring (bicyclic) bond motifs is 1. The highest BCUT2D eigenvalue weighted by Crippen LogP contribution is 2.31. The second kappa shape index (κ2) is 7.71. The third-order valence-corrected chi connectivity index (χ3v) is 4.91. The van der Waals surface area contributed by atoms with Crippen LogP contribution in [0.25, 0.3) is 22.4 Å². The largest absolute Gasteiger partial charge is 0.466 e. The number of rotatable bonds is 4. The first-order chi connectivity index (χ1) is 14.7. The molecule has 2 N–H and O–H groups in total. The SMILES string of the molecule is CC(=O)Nc1ccc(C)cc1NC(=O)c1cc(-c2cc(C)oc2C)nc2onc(C)c12. The van der Waals surface area contributed by atoms with E-state index in [0.717, 1.165) is 16.9 Å². The molecule has 0 spiro atoms. The molecule has 0 saturated heterocycles. The van der Waals surface area contributed by atoms with Gasteiger partial charge in [-0.05, 0) is 57.5 Å². The molecule has 158 valence electrons. The van der Waals surface area contributed by atoms with Crippen LogP contribution in [-0.4, -0.2) is 22.0 Å². The number of aromatic nitrogens is 2. The van der Waals surface area contributed by atoms with Crippen molar-refractivity contribution in [3.8, 4) is 11.3 Å². The quantitative estimate of drug-likeness (QED) is 0.486. The van der Waals surface area contributed by atoms with E-state index in [1.54, 1.807) is 25.1 Å². The smallest absolute Gasteiger partial charge is 0.259 e. The van der Waals surface area contributed by atoms with E-state index in [-0.39, 0.29) is 17.5 Å². The van der Waals surface area contributed by atoms with Crippen LogP contribution in [-0.2, 0) is 4.79 Å². The van der Waals surface area contributed by atoms with Crippen LogP contribution in [0.4, 0.5) is 11.4 Å². The van der Waals surface area contributed by atoms with Crippen molar-refractivity contribution >= 4 is 34.3 Å². The fourth-order valence-corrected chi connectivity index (χ4v) is 3.55. The zero-order valence-corrected chi connectivity index (χ0v) is 17.9. The van der Waals surface area contributed by atoms with Gasteiger partial charge in [-0.2, -0.15) is 0 Å². The summed E-state index contributed by atoms with van der Waals surface area (Å²) in [6.45, 7) is 8.77. The van der Waals surface area contributed by atoms with Gasteiger partial charge in [0.25, 0.3) is 11.6 Å². The summed E-state index contributed by atoms with van der Waals surface area (Å²) in [6.07, 6.45) is 0. The molecule has 0 aliphatic carbocycles. The van der Waals surface area contributed by atoms with Crippen molar-refractivity contribution < 1.29 is 18.5 Å². The number of aryl methyl sites for hydroxylation is 4. The summed E-state index contributed by atoms with van der Waals surface area (Å²) >= 11 is 0. The van der Waals surface area contributed by atoms with Gasteiger partial charge in [-0.3, -0.25) is 9.59 Å². The van der Waals surface area contributed by atoms with Crippen molar-refractivity contribution in [3.63, 3.8) is 0 Å². The Morgan fingerprint density at radius 2 is 1.74 bits per heavy atom. The molecule has 1 aromatic carbocycles. The summed E-state index contributed by atoms with van der Waals surface area (Å²) < 4.78 is 11.0. The van der Waals surface area contributed by atoms with Gasteiger partial charge < -0.3 is 19.6 Å². The Labute approximate surface area is 178 Å². The highest BCUT2D eigenvalue weighted by molar-refractivity contribution is 6.14. The van der Waals surface area contributed by atoms with E-state index >= 15 is 0 Å². The molecule has 0 radical (unpaired) electrons. The van der Waals surface area contributed by atoms with Crippen molar-refractivity contribution in [2.75, 3.05) is 10.6 Å². The van der Waals surface area contributed by atoms with E-state index in [4.69, 9.17) is 8.94 Å². The van der Waals surface area contributed by atoms with Gasteiger partial charge in [0.1, 0.15) is 11.5 Å². The Balaban J connectivity index is 1.81. The molecule has 3 aromatic heterocycles. The molecule has 31 heavy (non-hydrogen) atoms. The van der Waals surface area contributed by atoms with Gasteiger partial charge in [0.15, 0.2) is 0 Å². The van der Waals surface area contributed by atoms with Crippen LogP contribution >= 0.6 is 0 Å². The number of carbonyl (C=O) groups is 2. The lowest BCUT2D eigenvalue weighted by molar-refractivity contribution is -0.114. The summed E-state index contributed by atoms with van der Waals surface area (Å²) in [5.74, 6) is 0.844. The fourth-order valence-electron chi connectivity index (χ4n) is 3.55. The standard InChI is InChI=1S/C23H22N4O4/c1-11-6-7-18(24-15(5)28)20(8-11)25-22(29)17-10-19(16-9-12(2)30-14(16)4)26-23-21(17)13(3)27-31-23/h6-10H,1-5H3,(H,24,28)(H,25,29). The Hall–Kier alpha value is -3.94. The topological polar surface area (TPSA) is 110 Å². The van der Waals surface area contributed by atoms with Gasteiger partial charge in [-0.25, -0.2) is 4.98 Å².